The van der Waals surface area contributed by atoms with E-state index in [0.717, 1.165) is 0 Å². The molecule has 29 heavy (non-hydrogen) atoms. The summed E-state index contributed by atoms with van der Waals surface area (Å²) in [6.07, 6.45) is 0.680. The number of ether oxygens (including phenoxy) is 2. The summed E-state index contributed by atoms with van der Waals surface area (Å²) in [6.45, 7) is 15.3. The third-order valence-corrected chi connectivity index (χ3v) is 5.66. The fraction of sp³-hybridized carbons (Fsp3) is 0.636. The number of benzene rings is 1. The first-order chi connectivity index (χ1) is 13.2. The summed E-state index contributed by atoms with van der Waals surface area (Å²) in [6, 6.07) is 4.45. The lowest BCUT2D eigenvalue weighted by Gasteiger charge is -2.36. The van der Waals surface area contributed by atoms with Gasteiger partial charge in [0, 0.05) is 0 Å². The van der Waals surface area contributed by atoms with Crippen LogP contribution in [0.15, 0.2) is 18.2 Å². The van der Waals surface area contributed by atoms with Crippen LogP contribution in [0.4, 0.5) is 0 Å². The van der Waals surface area contributed by atoms with Crippen molar-refractivity contribution in [2.24, 2.45) is 11.3 Å². The largest absolute Gasteiger partial charge is 0.507 e. The van der Waals surface area contributed by atoms with Crippen LogP contribution in [0, 0.1) is 11.3 Å². The van der Waals surface area contributed by atoms with E-state index in [1.807, 2.05) is 41.5 Å². The van der Waals surface area contributed by atoms with Gasteiger partial charge in [-0.1, -0.05) is 26.8 Å². The Morgan fingerprint density at radius 1 is 1.14 bits per heavy atom. The van der Waals surface area contributed by atoms with Crippen LogP contribution < -0.4 is 5.48 Å². The molecule has 1 unspecified atom stereocenters. The molecule has 7 heteroatoms. The number of esters is 1. The van der Waals surface area contributed by atoms with Gasteiger partial charge in [0.1, 0.15) is 11.4 Å². The number of amides is 1. The second-order valence-electron chi connectivity index (χ2n) is 9.05. The van der Waals surface area contributed by atoms with Gasteiger partial charge in [-0.2, -0.15) is 0 Å². The number of carbonyl (C=O) groups is 2. The first kappa shape index (κ1) is 24.9. The lowest BCUT2D eigenvalue weighted by Crippen LogP contribution is -2.43. The second-order valence-corrected chi connectivity index (χ2v) is 9.05. The first-order valence-corrected chi connectivity index (χ1v) is 9.85. The summed E-state index contributed by atoms with van der Waals surface area (Å²) in [5.41, 5.74) is -0.161. The Morgan fingerprint density at radius 3 is 2.17 bits per heavy atom. The van der Waals surface area contributed by atoms with Crippen LogP contribution in [0.2, 0.25) is 0 Å². The quantitative estimate of drug-likeness (QED) is 0.321. The van der Waals surface area contributed by atoms with E-state index in [1.165, 1.54) is 17.6 Å². The molecular weight excluding hydrogens is 374 g/mol. The van der Waals surface area contributed by atoms with Crippen LogP contribution in [0.5, 0.6) is 5.75 Å². The van der Waals surface area contributed by atoms with Gasteiger partial charge in [0.2, 0.25) is 0 Å². The Balaban J connectivity index is 2.90. The average molecular weight is 410 g/mol. The van der Waals surface area contributed by atoms with Crippen molar-refractivity contribution in [1.82, 2.24) is 5.48 Å². The molecule has 7 nitrogen and oxygen atoms in total. The Hall–Kier alpha value is -2.12. The molecule has 0 saturated carbocycles. The molecule has 1 rings (SSSR count). The fourth-order valence-electron chi connectivity index (χ4n) is 2.78. The van der Waals surface area contributed by atoms with Crippen molar-refractivity contribution in [3.63, 3.8) is 0 Å². The number of hydroxylamine groups is 1. The van der Waals surface area contributed by atoms with E-state index in [0.29, 0.717) is 12.0 Å². The molecule has 1 aromatic carbocycles. The van der Waals surface area contributed by atoms with Gasteiger partial charge >= 0.3 is 5.97 Å². The molecule has 0 heterocycles. The molecule has 1 atom stereocenters. The number of rotatable bonds is 9. The van der Waals surface area contributed by atoms with Crippen molar-refractivity contribution in [1.29, 1.82) is 0 Å². The maximum atomic E-state index is 12.8. The van der Waals surface area contributed by atoms with Gasteiger partial charge in [-0.15, -0.1) is 0 Å². The van der Waals surface area contributed by atoms with Gasteiger partial charge < -0.3 is 14.6 Å². The third kappa shape index (κ3) is 5.93. The predicted molar refractivity (Wildman–Crippen MR) is 110 cm³/mol. The summed E-state index contributed by atoms with van der Waals surface area (Å²) in [4.78, 5) is 24.3. The van der Waals surface area contributed by atoms with Gasteiger partial charge in [0.05, 0.1) is 23.2 Å². The zero-order chi connectivity index (χ0) is 22.6. The predicted octanol–water partition coefficient (Wildman–Crippen LogP) is 4.16. The number of nitrogens with one attached hydrogen (secondary N) is 1. The first-order valence-electron chi connectivity index (χ1n) is 9.85. The number of hydrogen-bond donors (Lipinski definition) is 3. The Bertz CT molecular complexity index is 741. The van der Waals surface area contributed by atoms with E-state index >= 15 is 0 Å². The Morgan fingerprint density at radius 2 is 1.72 bits per heavy atom. The summed E-state index contributed by atoms with van der Waals surface area (Å²) in [5, 5.41) is 18.8. The van der Waals surface area contributed by atoms with Crippen LogP contribution in [-0.4, -0.2) is 34.4 Å². The average Bonchev–Trinajstić information content (AvgIpc) is 2.64. The molecule has 164 valence electrons. The molecule has 0 aromatic heterocycles. The van der Waals surface area contributed by atoms with Crippen LogP contribution in [-0.2, 0) is 19.9 Å². The number of carbonyl (C=O) groups excluding carboxylic acids is 2. The van der Waals surface area contributed by atoms with Crippen molar-refractivity contribution in [2.75, 3.05) is 6.61 Å². The summed E-state index contributed by atoms with van der Waals surface area (Å²) in [5.74, 6) is -1.18. The molecule has 0 fully saturated rings. The van der Waals surface area contributed by atoms with E-state index in [-0.39, 0.29) is 29.8 Å². The Labute approximate surface area is 173 Å². The van der Waals surface area contributed by atoms with Crippen molar-refractivity contribution in [2.45, 2.75) is 73.0 Å². The highest BCUT2D eigenvalue weighted by atomic mass is 16.6. The molecule has 0 radical (unpaired) electrons. The summed E-state index contributed by atoms with van der Waals surface area (Å²) in [7, 11) is 0. The van der Waals surface area contributed by atoms with E-state index in [9.17, 15) is 14.7 Å². The maximum absolute atomic E-state index is 12.8. The van der Waals surface area contributed by atoms with Gasteiger partial charge in [-0.25, -0.2) is 5.48 Å². The van der Waals surface area contributed by atoms with Crippen LogP contribution >= 0.6 is 0 Å². The molecule has 1 aromatic rings. The topological polar surface area (TPSA) is 105 Å². The van der Waals surface area contributed by atoms with Gasteiger partial charge in [-0.3, -0.25) is 14.8 Å². The molecule has 3 N–H and O–H groups in total. The van der Waals surface area contributed by atoms with Gasteiger partial charge in [0.15, 0.2) is 0 Å². The molecule has 0 bridgehead atoms. The fourth-order valence-corrected chi connectivity index (χ4v) is 2.78. The molecule has 0 aliphatic rings. The lowest BCUT2D eigenvalue weighted by atomic mass is 9.77. The highest BCUT2D eigenvalue weighted by Crippen LogP contribution is 2.35. The number of aromatic hydroxyl groups is 1. The number of hydrogen-bond acceptors (Lipinski definition) is 6. The molecule has 0 aliphatic carbocycles. The highest BCUT2D eigenvalue weighted by molar-refractivity contribution is 5.96. The van der Waals surface area contributed by atoms with Crippen molar-refractivity contribution in [3.8, 4) is 5.75 Å². The monoisotopic (exact) mass is 409 g/mol. The molecule has 0 saturated heterocycles. The normalized spacial score (nSPS) is 14.4. The Kier molecular flexibility index (Phi) is 7.85. The van der Waals surface area contributed by atoms with Crippen molar-refractivity contribution < 1.29 is 29.4 Å². The number of phenolic OH excluding ortho intramolecular Hbond substituents is 1. The van der Waals surface area contributed by atoms with E-state index in [2.05, 4.69) is 0 Å². The van der Waals surface area contributed by atoms with E-state index in [4.69, 9.17) is 14.7 Å². The zero-order valence-electron chi connectivity index (χ0n) is 18.8. The highest BCUT2D eigenvalue weighted by Gasteiger charge is 2.40. The smallest absolute Gasteiger partial charge is 0.312 e. The SMILES string of the molecule is CCC(C)(C(=O)OC(C)(C)COC(C)(C)c1ccc(C(=O)NO)c(O)c1)C(C)C. The minimum Gasteiger partial charge on any atom is -0.507 e. The molecule has 0 spiro atoms. The van der Waals surface area contributed by atoms with E-state index < -0.39 is 22.5 Å². The third-order valence-electron chi connectivity index (χ3n) is 5.66. The summed E-state index contributed by atoms with van der Waals surface area (Å²) < 4.78 is 11.8. The minimum absolute atomic E-state index is 0.0474. The zero-order valence-corrected chi connectivity index (χ0v) is 18.8. The van der Waals surface area contributed by atoms with Crippen molar-refractivity contribution in [3.05, 3.63) is 29.3 Å². The van der Waals surface area contributed by atoms with Crippen LogP contribution in [0.1, 0.15) is 77.7 Å². The van der Waals surface area contributed by atoms with Crippen LogP contribution in [0.25, 0.3) is 0 Å². The molecular formula is C22H35NO6. The van der Waals surface area contributed by atoms with Gasteiger partial charge in [-0.05, 0) is 64.7 Å². The minimum atomic E-state index is -0.849. The van der Waals surface area contributed by atoms with Gasteiger partial charge in [0.25, 0.3) is 5.91 Å². The summed E-state index contributed by atoms with van der Waals surface area (Å²) >= 11 is 0. The second kappa shape index (κ2) is 9.13. The number of phenols is 1. The van der Waals surface area contributed by atoms with E-state index in [1.54, 1.807) is 19.9 Å². The molecule has 1 amide bonds. The molecule has 0 aliphatic heterocycles. The standard InChI is InChI=1S/C22H35NO6/c1-9-22(8,14(2)3)19(26)29-20(4,5)13-28-21(6,7)15-10-11-16(17(24)12-15)18(25)23-27/h10-12,14,24,27H,9,13H2,1-8H3,(H,23,25). The lowest BCUT2D eigenvalue weighted by molar-refractivity contribution is -0.182. The maximum Gasteiger partial charge on any atom is 0.312 e. The van der Waals surface area contributed by atoms with Crippen LogP contribution in [0.3, 0.4) is 0 Å². The van der Waals surface area contributed by atoms with Crippen molar-refractivity contribution >= 4 is 11.9 Å².